The largest absolute Gasteiger partial charge is 0.0654 e. The molecule has 0 bridgehead atoms. The average molecular weight is 1540 g/mol. The van der Waals surface area contributed by atoms with Crippen molar-refractivity contribution in [3.05, 3.63) is 5.92 Å². The molecule has 0 aliphatic heterocycles. The fraction of sp³-hybridized carbons (Fsp3) is 0.991. The summed E-state index contributed by atoms with van der Waals surface area (Å²) in [5, 5.41) is 0. The summed E-state index contributed by atoms with van der Waals surface area (Å²) < 4.78 is 0. The summed E-state index contributed by atoms with van der Waals surface area (Å²) in [7, 11) is 0. The van der Waals surface area contributed by atoms with E-state index in [4.69, 9.17) is 0 Å². The highest BCUT2D eigenvalue weighted by Crippen LogP contribution is 2.79. The van der Waals surface area contributed by atoms with E-state index in [1.54, 1.807) is 12.8 Å². The van der Waals surface area contributed by atoms with Gasteiger partial charge in [-0.3, -0.25) is 0 Å². The zero-order valence-electron chi connectivity index (χ0n) is 82.3. The molecule has 0 amide bonds. The maximum absolute atomic E-state index is 3.20. The van der Waals surface area contributed by atoms with Gasteiger partial charge < -0.3 is 0 Å². The Labute approximate surface area is 703 Å². The molecule has 17 unspecified atom stereocenters. The Hall–Kier alpha value is 0. The van der Waals surface area contributed by atoms with Crippen molar-refractivity contribution in [2.75, 3.05) is 0 Å². The molecule has 17 atom stereocenters. The first kappa shape index (κ1) is 110. The standard InChI is InChI=1S/C110H221/c1-26-46-53-70-97(45-20)79-82-107(87-101(64-37-12)73-56-49-29-4,95(25)84-98(61-34-9)71-54-47-27-2)109(81-59-76-96(44-19)69-52-32-7,89-102(65-38-13)74-57-50-30-5)110(90-103(66-39-14)75-58-51-31-6,91-105(68-41-16)94(24)60-33-8)108(80-42-17,88-104(67-40-15)83-93(23)43-18)106(85-99(62-35-10)72-55-48-28-3)86-100(63-36-11)78-77-92(21)22/h92-105H,26-91H2,1-25H3. The third-order valence-corrected chi connectivity index (χ3v) is 31.3. The van der Waals surface area contributed by atoms with Gasteiger partial charge in [-0.25, -0.2) is 0 Å². The molecule has 0 saturated heterocycles. The van der Waals surface area contributed by atoms with Gasteiger partial charge in [0.25, 0.3) is 0 Å². The van der Waals surface area contributed by atoms with Crippen LogP contribution < -0.4 is 0 Å². The lowest BCUT2D eigenvalue weighted by atomic mass is 9.30. The van der Waals surface area contributed by atoms with Crippen molar-refractivity contribution in [2.45, 2.75) is 597 Å². The van der Waals surface area contributed by atoms with Gasteiger partial charge in [0.05, 0.1) is 0 Å². The molecule has 0 fully saturated rings. The van der Waals surface area contributed by atoms with Crippen LogP contribution in [0.25, 0.3) is 0 Å². The van der Waals surface area contributed by atoms with Crippen LogP contribution in [0.3, 0.4) is 0 Å². The predicted octanol–water partition coefficient (Wildman–Crippen LogP) is 40.4. The Morgan fingerprint density at radius 1 is 0.227 bits per heavy atom. The van der Waals surface area contributed by atoms with Crippen LogP contribution in [0, 0.1) is 110 Å². The molecular formula is C110H221. The number of hydrogen-bond acceptors (Lipinski definition) is 0. The van der Waals surface area contributed by atoms with Crippen LogP contribution in [0.2, 0.25) is 0 Å². The average Bonchev–Trinajstić information content (AvgIpc) is 0.677. The minimum atomic E-state index is 0.110. The van der Waals surface area contributed by atoms with Crippen molar-refractivity contribution >= 4 is 0 Å². The van der Waals surface area contributed by atoms with Crippen LogP contribution in [-0.4, -0.2) is 0 Å². The lowest BCUT2D eigenvalue weighted by molar-refractivity contribution is -0.236. The van der Waals surface area contributed by atoms with Crippen molar-refractivity contribution in [3.8, 4) is 0 Å². The Bertz CT molecular complexity index is 1910. The van der Waals surface area contributed by atoms with E-state index in [1.807, 2.05) is 0 Å². The van der Waals surface area contributed by atoms with Crippen molar-refractivity contribution in [1.82, 2.24) is 0 Å². The SMILES string of the molecule is CCCCCC(CC)CCC(CC(CCC)CCCCC)(C(C)CC(CCC)CCCCC)C(CCCC(CC)CCCC)(CC(CCC)CCCCC)C(CC(CCC)CCCCC)(CC(CCC)C(C)CCC)C(CCC)(CC(CCC)CC(C)CC)[C](CC(CCC)CCCCC)CC(CCC)CCC(C)C. The van der Waals surface area contributed by atoms with Crippen LogP contribution in [0.4, 0.5) is 0 Å². The maximum Gasteiger partial charge on any atom is -0.0168 e. The molecule has 0 heterocycles. The third-order valence-electron chi connectivity index (χ3n) is 31.3. The van der Waals surface area contributed by atoms with Crippen molar-refractivity contribution in [2.24, 2.45) is 105 Å². The summed E-state index contributed by atoms with van der Waals surface area (Å²) >= 11 is 0. The molecule has 0 aliphatic rings. The van der Waals surface area contributed by atoms with E-state index in [-0.39, 0.29) is 21.7 Å². The van der Waals surface area contributed by atoms with E-state index in [1.165, 1.54) is 411 Å². The Morgan fingerprint density at radius 3 is 1.03 bits per heavy atom. The molecule has 0 aliphatic carbocycles. The van der Waals surface area contributed by atoms with Gasteiger partial charge in [0.1, 0.15) is 0 Å². The molecule has 661 valence electrons. The quantitative estimate of drug-likeness (QED) is 0.0533. The number of unbranched alkanes of at least 4 members (excludes halogenated alkanes) is 13. The zero-order valence-corrected chi connectivity index (χ0v) is 82.3. The normalized spacial score (nSPS) is 18.2. The summed E-state index contributed by atoms with van der Waals surface area (Å²) in [5.41, 5.74) is 0.542. The lowest BCUT2D eigenvalue weighted by Crippen LogP contribution is -2.66. The lowest BCUT2D eigenvalue weighted by Gasteiger charge is -2.74. The molecule has 0 aromatic carbocycles. The smallest absolute Gasteiger partial charge is 0.0168 e. The maximum atomic E-state index is 3.20. The molecule has 0 spiro atoms. The van der Waals surface area contributed by atoms with Gasteiger partial charge in [-0.05, 0) is 194 Å². The number of rotatable bonds is 84. The summed E-state index contributed by atoms with van der Waals surface area (Å²) in [6, 6.07) is 0. The Balaban J connectivity index is 13.3. The second-order valence-electron chi connectivity index (χ2n) is 41.0. The van der Waals surface area contributed by atoms with Gasteiger partial charge in [0.15, 0.2) is 0 Å². The molecule has 110 heavy (non-hydrogen) atoms. The zero-order chi connectivity index (χ0) is 82.3. The second-order valence-corrected chi connectivity index (χ2v) is 41.0. The second kappa shape index (κ2) is 69.8. The first-order valence-electron chi connectivity index (χ1n) is 53.1. The van der Waals surface area contributed by atoms with Gasteiger partial charge in [-0.15, -0.1) is 0 Å². The molecule has 0 aromatic rings. The summed E-state index contributed by atoms with van der Waals surface area (Å²) in [6.07, 6.45) is 94.0. The molecular weight excluding hydrogens is 1320 g/mol. The summed E-state index contributed by atoms with van der Waals surface area (Å²) in [4.78, 5) is 0. The Kier molecular flexibility index (Phi) is 69.8. The van der Waals surface area contributed by atoms with E-state index >= 15 is 0 Å². The van der Waals surface area contributed by atoms with Gasteiger partial charge in [-0.2, -0.15) is 0 Å². The van der Waals surface area contributed by atoms with Crippen LogP contribution in [0.5, 0.6) is 0 Å². The van der Waals surface area contributed by atoms with E-state index < -0.39 is 0 Å². The number of hydrogen-bond donors (Lipinski definition) is 0. The molecule has 0 rings (SSSR count). The van der Waals surface area contributed by atoms with Crippen molar-refractivity contribution in [1.29, 1.82) is 0 Å². The molecule has 0 nitrogen and oxygen atoms in total. The molecule has 0 saturated carbocycles. The minimum absolute atomic E-state index is 0.110. The van der Waals surface area contributed by atoms with Crippen LogP contribution in [-0.2, 0) is 0 Å². The van der Waals surface area contributed by atoms with E-state index in [9.17, 15) is 0 Å². The predicted molar refractivity (Wildman–Crippen MR) is 508 cm³/mol. The molecule has 0 aromatic heterocycles. The van der Waals surface area contributed by atoms with Crippen LogP contribution in [0.15, 0.2) is 0 Å². The van der Waals surface area contributed by atoms with Crippen LogP contribution in [0.1, 0.15) is 597 Å². The molecule has 0 N–H and O–H groups in total. The van der Waals surface area contributed by atoms with Gasteiger partial charge in [0, 0.05) is 0 Å². The van der Waals surface area contributed by atoms with Crippen molar-refractivity contribution < 1.29 is 0 Å². The monoisotopic (exact) mass is 1540 g/mol. The van der Waals surface area contributed by atoms with E-state index in [0.29, 0.717) is 5.92 Å². The third kappa shape index (κ3) is 41.3. The first-order valence-corrected chi connectivity index (χ1v) is 53.1. The van der Waals surface area contributed by atoms with Crippen LogP contribution >= 0.6 is 0 Å². The van der Waals surface area contributed by atoms with Gasteiger partial charge in [-0.1, -0.05) is 513 Å². The highest BCUT2D eigenvalue weighted by molar-refractivity contribution is 5.25. The topological polar surface area (TPSA) is 0 Å². The minimum Gasteiger partial charge on any atom is -0.0654 e. The highest BCUT2D eigenvalue weighted by atomic mass is 14.8. The van der Waals surface area contributed by atoms with Gasteiger partial charge >= 0.3 is 0 Å². The van der Waals surface area contributed by atoms with Crippen molar-refractivity contribution in [3.63, 3.8) is 0 Å². The highest BCUT2D eigenvalue weighted by Gasteiger charge is 2.71. The first-order chi connectivity index (χ1) is 53.2. The Morgan fingerprint density at radius 2 is 0.600 bits per heavy atom. The molecule has 1 radical (unpaired) electrons. The fourth-order valence-electron chi connectivity index (χ4n) is 25.3. The van der Waals surface area contributed by atoms with E-state index in [0.717, 1.165) is 76.9 Å². The van der Waals surface area contributed by atoms with Gasteiger partial charge in [0.2, 0.25) is 0 Å². The summed E-state index contributed by atoms with van der Waals surface area (Å²) in [5.74, 6) is 13.0. The molecule has 0 heteroatoms. The van der Waals surface area contributed by atoms with E-state index in [2.05, 4.69) is 179 Å². The summed E-state index contributed by atoms with van der Waals surface area (Å²) in [6.45, 7) is 66.7. The fourth-order valence-corrected chi connectivity index (χ4v) is 25.3.